The molecule has 0 bridgehead atoms. The van der Waals surface area contributed by atoms with E-state index >= 15 is 0 Å². The summed E-state index contributed by atoms with van der Waals surface area (Å²) in [6.45, 7) is 2.56. The number of methoxy groups -OCH3 is 1. The van der Waals surface area contributed by atoms with Crippen LogP contribution in [0.3, 0.4) is 0 Å². The van der Waals surface area contributed by atoms with Crippen LogP contribution in [0.25, 0.3) is 0 Å². The topological polar surface area (TPSA) is 81.1 Å². The van der Waals surface area contributed by atoms with Gasteiger partial charge < -0.3 is 19.7 Å². The molecule has 29 heavy (non-hydrogen) atoms. The largest absolute Gasteiger partial charge is 0.474 e. The van der Waals surface area contributed by atoms with Gasteiger partial charge in [-0.15, -0.1) is 0 Å². The molecule has 1 amide bonds. The minimum absolute atomic E-state index is 0.0914. The van der Waals surface area contributed by atoms with Gasteiger partial charge >= 0.3 is 6.09 Å². The standard InChI is InChI=1S/C18H21F2N5O3S/c1-27-17(29)22-10-13-11-25(18(26)28-13)12-8-14(19)16(15(20)9-12)24-6-4-23(3-2-21)5-7-24/h8-9,13H,3-7,10-11H2,1H3,(H,22,29)/t13-/m0/s1. The number of halogens is 2. The van der Waals surface area contributed by atoms with Gasteiger partial charge in [0.05, 0.1) is 38.5 Å². The fourth-order valence-electron chi connectivity index (χ4n) is 3.35. The monoisotopic (exact) mass is 425 g/mol. The number of amides is 1. The number of carbonyl (C=O) groups is 1. The summed E-state index contributed by atoms with van der Waals surface area (Å²) in [6.07, 6.45) is -1.22. The van der Waals surface area contributed by atoms with E-state index in [-0.39, 0.29) is 29.6 Å². The van der Waals surface area contributed by atoms with E-state index in [0.29, 0.717) is 32.7 Å². The maximum Gasteiger partial charge on any atom is 0.414 e. The van der Waals surface area contributed by atoms with Crippen molar-refractivity contribution in [3.05, 3.63) is 23.8 Å². The highest BCUT2D eigenvalue weighted by Gasteiger charge is 2.34. The van der Waals surface area contributed by atoms with E-state index in [1.807, 2.05) is 4.90 Å². The van der Waals surface area contributed by atoms with Gasteiger partial charge in [0.1, 0.15) is 11.8 Å². The van der Waals surface area contributed by atoms with Crippen molar-refractivity contribution in [2.75, 3.05) is 62.7 Å². The Morgan fingerprint density at radius 3 is 2.59 bits per heavy atom. The molecule has 3 rings (SSSR count). The molecule has 1 aromatic carbocycles. The smallest absolute Gasteiger partial charge is 0.414 e. The molecule has 8 nitrogen and oxygen atoms in total. The lowest BCUT2D eigenvalue weighted by Gasteiger charge is -2.35. The van der Waals surface area contributed by atoms with Crippen LogP contribution in [0.1, 0.15) is 0 Å². The van der Waals surface area contributed by atoms with Crippen LogP contribution in [0.15, 0.2) is 12.1 Å². The number of thiocarbonyl (C=S) groups is 1. The molecule has 1 aromatic rings. The molecule has 1 atom stereocenters. The molecule has 2 aliphatic rings. The molecular formula is C18H21F2N5O3S. The highest BCUT2D eigenvalue weighted by molar-refractivity contribution is 7.80. The number of anilines is 2. The fourth-order valence-corrected chi connectivity index (χ4v) is 3.43. The summed E-state index contributed by atoms with van der Waals surface area (Å²) in [5.74, 6) is -1.49. The number of hydrogen-bond acceptors (Lipinski definition) is 7. The van der Waals surface area contributed by atoms with Gasteiger partial charge in [0.15, 0.2) is 11.6 Å². The lowest BCUT2D eigenvalue weighted by Crippen LogP contribution is -2.47. The number of nitrogens with one attached hydrogen (secondary N) is 1. The third-order valence-electron chi connectivity index (χ3n) is 4.83. The third-order valence-corrected chi connectivity index (χ3v) is 5.14. The lowest BCUT2D eigenvalue weighted by atomic mass is 10.2. The Hall–Kier alpha value is -2.71. The molecule has 1 N–H and O–H groups in total. The summed E-state index contributed by atoms with van der Waals surface area (Å²) in [7, 11) is 1.42. The average molecular weight is 425 g/mol. The van der Waals surface area contributed by atoms with E-state index in [9.17, 15) is 13.6 Å². The van der Waals surface area contributed by atoms with Crippen LogP contribution in [0.4, 0.5) is 25.0 Å². The second-order valence-corrected chi connectivity index (χ2v) is 7.04. The first-order chi connectivity index (χ1) is 13.9. The van der Waals surface area contributed by atoms with Crippen LogP contribution in [0.2, 0.25) is 0 Å². The van der Waals surface area contributed by atoms with E-state index in [2.05, 4.69) is 11.4 Å². The number of piperazine rings is 1. The maximum absolute atomic E-state index is 14.7. The van der Waals surface area contributed by atoms with Crippen molar-refractivity contribution in [2.24, 2.45) is 0 Å². The minimum Gasteiger partial charge on any atom is -0.474 e. The first-order valence-electron chi connectivity index (χ1n) is 9.06. The Labute approximate surface area is 172 Å². The van der Waals surface area contributed by atoms with Crippen LogP contribution in [0, 0.1) is 23.0 Å². The molecule has 11 heteroatoms. The Balaban J connectivity index is 1.69. The van der Waals surface area contributed by atoms with Crippen LogP contribution in [0.5, 0.6) is 0 Å². The molecule has 156 valence electrons. The third kappa shape index (κ3) is 4.83. The van der Waals surface area contributed by atoms with Crippen LogP contribution >= 0.6 is 12.2 Å². The minimum atomic E-state index is -0.747. The molecule has 0 aliphatic carbocycles. The highest BCUT2D eigenvalue weighted by Crippen LogP contribution is 2.31. The van der Waals surface area contributed by atoms with Crippen molar-refractivity contribution >= 4 is 34.9 Å². The van der Waals surface area contributed by atoms with Crippen molar-refractivity contribution < 1.29 is 23.0 Å². The number of nitrogens with zero attached hydrogens (tertiary/aromatic N) is 4. The average Bonchev–Trinajstić information content (AvgIpc) is 3.07. The Morgan fingerprint density at radius 1 is 1.34 bits per heavy atom. The van der Waals surface area contributed by atoms with E-state index in [1.165, 1.54) is 12.0 Å². The van der Waals surface area contributed by atoms with Gasteiger partial charge in [-0.2, -0.15) is 5.26 Å². The SMILES string of the molecule is COC(=S)NC[C@H]1CN(c2cc(F)c(N3CCN(CC#N)CC3)c(F)c2)C(=O)O1. The fraction of sp³-hybridized carbons (Fsp3) is 0.500. The zero-order valence-electron chi connectivity index (χ0n) is 15.9. The number of cyclic esters (lactones) is 1. The predicted octanol–water partition coefficient (Wildman–Crippen LogP) is 1.46. The zero-order chi connectivity index (χ0) is 21.0. The summed E-state index contributed by atoms with van der Waals surface area (Å²) in [6, 6.07) is 4.34. The Bertz CT molecular complexity index is 803. The van der Waals surface area contributed by atoms with Gasteiger partial charge in [-0.25, -0.2) is 13.6 Å². The molecule has 0 unspecified atom stereocenters. The molecule has 2 aliphatic heterocycles. The number of nitriles is 1. The normalized spacial score (nSPS) is 19.7. The molecule has 2 heterocycles. The van der Waals surface area contributed by atoms with Gasteiger partial charge in [0.2, 0.25) is 0 Å². The van der Waals surface area contributed by atoms with Crippen LogP contribution < -0.4 is 15.1 Å². The number of hydrogen-bond donors (Lipinski definition) is 1. The maximum atomic E-state index is 14.7. The second kappa shape index (κ2) is 9.19. The van der Waals surface area contributed by atoms with E-state index in [4.69, 9.17) is 27.0 Å². The number of benzene rings is 1. The Morgan fingerprint density at radius 2 is 2.00 bits per heavy atom. The predicted molar refractivity (Wildman–Crippen MR) is 106 cm³/mol. The summed E-state index contributed by atoms with van der Waals surface area (Å²) in [4.78, 5) is 16.8. The highest BCUT2D eigenvalue weighted by atomic mass is 32.1. The molecule has 0 saturated carbocycles. The van der Waals surface area contributed by atoms with Crippen molar-refractivity contribution in [1.29, 1.82) is 5.26 Å². The summed E-state index contributed by atoms with van der Waals surface area (Å²) in [5.41, 5.74) is -0.0322. The molecule has 2 fully saturated rings. The van der Waals surface area contributed by atoms with Gasteiger partial charge in [0.25, 0.3) is 5.17 Å². The number of carbonyl (C=O) groups excluding carboxylic acids is 1. The summed E-state index contributed by atoms with van der Waals surface area (Å²) >= 11 is 4.86. The summed E-state index contributed by atoms with van der Waals surface area (Å²) < 4.78 is 39.5. The molecular weight excluding hydrogens is 404 g/mol. The van der Waals surface area contributed by atoms with Crippen LogP contribution in [-0.4, -0.2) is 75.2 Å². The van der Waals surface area contributed by atoms with Crippen molar-refractivity contribution in [1.82, 2.24) is 10.2 Å². The summed E-state index contributed by atoms with van der Waals surface area (Å²) in [5, 5.41) is 11.7. The second-order valence-electron chi connectivity index (χ2n) is 6.67. The molecule has 0 spiro atoms. The number of rotatable bonds is 5. The quantitative estimate of drug-likeness (QED) is 0.561. The molecule has 0 aromatic heterocycles. The van der Waals surface area contributed by atoms with Crippen molar-refractivity contribution in [3.63, 3.8) is 0 Å². The lowest BCUT2D eigenvalue weighted by molar-refractivity contribution is 0.142. The van der Waals surface area contributed by atoms with Crippen LogP contribution in [-0.2, 0) is 9.47 Å². The molecule has 2 saturated heterocycles. The van der Waals surface area contributed by atoms with Crippen molar-refractivity contribution in [2.45, 2.75) is 6.10 Å². The van der Waals surface area contributed by atoms with Gasteiger partial charge in [0, 0.05) is 38.3 Å². The van der Waals surface area contributed by atoms with Gasteiger partial charge in [-0.05, 0) is 12.2 Å². The Kier molecular flexibility index (Phi) is 6.66. The first-order valence-corrected chi connectivity index (χ1v) is 9.47. The van der Waals surface area contributed by atoms with Gasteiger partial charge in [-0.1, -0.05) is 0 Å². The van der Waals surface area contributed by atoms with E-state index in [0.717, 1.165) is 12.1 Å². The van der Waals surface area contributed by atoms with Gasteiger partial charge in [-0.3, -0.25) is 9.80 Å². The number of ether oxygens (including phenoxy) is 2. The first kappa shape index (κ1) is 21.0. The van der Waals surface area contributed by atoms with Crippen molar-refractivity contribution in [3.8, 4) is 6.07 Å². The zero-order valence-corrected chi connectivity index (χ0v) is 16.7. The van der Waals surface area contributed by atoms with E-state index in [1.54, 1.807) is 4.90 Å². The molecule has 0 radical (unpaired) electrons. The van der Waals surface area contributed by atoms with E-state index < -0.39 is 23.8 Å².